The van der Waals surface area contributed by atoms with Crippen LogP contribution in [0.25, 0.3) is 5.76 Å². The average molecular weight is 473 g/mol. The Morgan fingerprint density at radius 3 is 2.53 bits per heavy atom. The fraction of sp³-hybridized carbons (Fsp3) is 0.174. The molecule has 9 heteroatoms. The number of aliphatic hydroxyl groups excluding tert-OH is 1. The molecule has 1 aromatic heterocycles. The van der Waals surface area contributed by atoms with Gasteiger partial charge in [0.05, 0.1) is 23.4 Å². The van der Waals surface area contributed by atoms with E-state index in [4.69, 9.17) is 16.3 Å². The van der Waals surface area contributed by atoms with Crippen LogP contribution in [0, 0.1) is 19.7 Å². The summed E-state index contributed by atoms with van der Waals surface area (Å²) in [5.41, 5.74) is 0.716. The normalized spacial score (nSPS) is 17.8. The molecule has 1 amide bonds. The van der Waals surface area contributed by atoms with Crippen LogP contribution in [0.15, 0.2) is 48.0 Å². The molecule has 1 saturated heterocycles. The Labute approximate surface area is 192 Å². The predicted octanol–water partition coefficient (Wildman–Crippen LogP) is 5.19. The van der Waals surface area contributed by atoms with E-state index in [0.29, 0.717) is 11.4 Å². The highest BCUT2D eigenvalue weighted by Gasteiger charge is 2.49. The van der Waals surface area contributed by atoms with Crippen LogP contribution in [-0.2, 0) is 9.59 Å². The number of aromatic nitrogens is 1. The number of methoxy groups -OCH3 is 1. The third-order valence-electron chi connectivity index (χ3n) is 5.29. The molecule has 6 nitrogen and oxygen atoms in total. The van der Waals surface area contributed by atoms with E-state index >= 15 is 0 Å². The summed E-state index contributed by atoms with van der Waals surface area (Å²) in [7, 11) is 1.45. The van der Waals surface area contributed by atoms with Crippen molar-refractivity contribution >= 4 is 45.5 Å². The number of Topliss-reactive ketones (excluding diaryl/α,β-unsaturated/α-hetero) is 1. The van der Waals surface area contributed by atoms with Crippen LogP contribution in [0.2, 0.25) is 5.02 Å². The van der Waals surface area contributed by atoms with Crippen molar-refractivity contribution in [3.63, 3.8) is 0 Å². The lowest BCUT2D eigenvalue weighted by Crippen LogP contribution is -2.29. The Bertz CT molecular complexity index is 1270. The first kappa shape index (κ1) is 22.0. The van der Waals surface area contributed by atoms with Crippen molar-refractivity contribution in [2.24, 2.45) is 0 Å². The molecule has 1 fully saturated rings. The molecule has 164 valence electrons. The van der Waals surface area contributed by atoms with Crippen molar-refractivity contribution in [3.8, 4) is 5.75 Å². The molecule has 32 heavy (non-hydrogen) atoms. The summed E-state index contributed by atoms with van der Waals surface area (Å²) in [6.07, 6.45) is 0. The summed E-state index contributed by atoms with van der Waals surface area (Å²) in [5, 5.41) is 11.5. The number of hydrogen-bond acceptors (Lipinski definition) is 6. The average Bonchev–Trinajstić information content (AvgIpc) is 3.23. The monoisotopic (exact) mass is 472 g/mol. The topological polar surface area (TPSA) is 79.7 Å². The molecule has 4 rings (SSSR count). The summed E-state index contributed by atoms with van der Waals surface area (Å²) in [4.78, 5) is 32.5. The van der Waals surface area contributed by atoms with E-state index in [9.17, 15) is 19.1 Å². The van der Waals surface area contributed by atoms with Crippen molar-refractivity contribution in [3.05, 3.63) is 80.6 Å². The highest BCUT2D eigenvalue weighted by atomic mass is 35.5. The second-order valence-electron chi connectivity index (χ2n) is 7.18. The first-order chi connectivity index (χ1) is 15.2. The van der Waals surface area contributed by atoms with Crippen molar-refractivity contribution in [1.82, 2.24) is 4.98 Å². The Kier molecular flexibility index (Phi) is 5.75. The SMILES string of the molecule is COc1ccc(/C(O)=C2\C(=O)C(=O)N(c3nc(C)c(C)s3)C2c2ccccc2F)cc1Cl. The smallest absolute Gasteiger partial charge is 0.301 e. The Morgan fingerprint density at radius 1 is 1.22 bits per heavy atom. The van der Waals surface area contributed by atoms with Crippen LogP contribution in [0.3, 0.4) is 0 Å². The molecule has 0 aliphatic carbocycles. The van der Waals surface area contributed by atoms with Crippen LogP contribution in [0.5, 0.6) is 5.75 Å². The molecule has 0 saturated carbocycles. The Morgan fingerprint density at radius 2 is 1.94 bits per heavy atom. The second-order valence-corrected chi connectivity index (χ2v) is 8.77. The molecule has 1 unspecified atom stereocenters. The molecule has 0 bridgehead atoms. The predicted molar refractivity (Wildman–Crippen MR) is 121 cm³/mol. The van der Waals surface area contributed by atoms with Crippen molar-refractivity contribution in [2.45, 2.75) is 19.9 Å². The lowest BCUT2D eigenvalue weighted by molar-refractivity contribution is -0.132. The number of halogens is 2. The lowest BCUT2D eigenvalue weighted by Gasteiger charge is -2.23. The second kappa shape index (κ2) is 8.37. The van der Waals surface area contributed by atoms with E-state index in [0.717, 1.165) is 9.78 Å². The minimum absolute atomic E-state index is 0.0679. The third-order valence-corrected chi connectivity index (χ3v) is 6.66. The van der Waals surface area contributed by atoms with Gasteiger partial charge in [-0.15, -0.1) is 11.3 Å². The van der Waals surface area contributed by atoms with Crippen molar-refractivity contribution in [1.29, 1.82) is 0 Å². The summed E-state index contributed by atoms with van der Waals surface area (Å²) < 4.78 is 20.0. The van der Waals surface area contributed by atoms with E-state index in [2.05, 4.69) is 4.98 Å². The molecule has 0 spiro atoms. The van der Waals surface area contributed by atoms with E-state index in [-0.39, 0.29) is 26.9 Å². The van der Waals surface area contributed by atoms with Crippen LogP contribution >= 0.6 is 22.9 Å². The zero-order valence-corrected chi connectivity index (χ0v) is 18.9. The Hall–Kier alpha value is -3.23. The van der Waals surface area contributed by atoms with Crippen molar-refractivity contribution < 1.29 is 23.8 Å². The van der Waals surface area contributed by atoms with Gasteiger partial charge in [-0.3, -0.25) is 14.5 Å². The van der Waals surface area contributed by atoms with E-state index in [1.165, 1.54) is 54.8 Å². The van der Waals surface area contributed by atoms with E-state index < -0.39 is 29.3 Å². The molecule has 1 atom stereocenters. The van der Waals surface area contributed by atoms with Crippen LogP contribution in [0.4, 0.5) is 9.52 Å². The standard InChI is InChI=1S/C23H18ClFN2O4S/c1-11-12(2)32-23(26-11)27-19(14-6-4-5-7-16(14)25)18(21(29)22(27)30)20(28)13-8-9-17(31-3)15(24)10-13/h4-10,19,28H,1-3H3/b20-18+. The van der Waals surface area contributed by atoms with Gasteiger partial charge in [-0.05, 0) is 38.1 Å². The lowest BCUT2D eigenvalue weighted by atomic mass is 9.95. The Balaban J connectivity index is 1.97. The highest BCUT2D eigenvalue weighted by Crippen LogP contribution is 2.44. The van der Waals surface area contributed by atoms with Crippen LogP contribution in [0.1, 0.15) is 27.7 Å². The number of carbonyl (C=O) groups is 2. The van der Waals surface area contributed by atoms with Gasteiger partial charge in [0, 0.05) is 16.0 Å². The number of carbonyl (C=O) groups excluding carboxylic acids is 2. The summed E-state index contributed by atoms with van der Waals surface area (Å²) in [6, 6.07) is 9.06. The number of ether oxygens (including phenoxy) is 1. The van der Waals surface area contributed by atoms with Crippen molar-refractivity contribution in [2.75, 3.05) is 12.0 Å². The maximum absolute atomic E-state index is 14.9. The number of amides is 1. The van der Waals surface area contributed by atoms with Gasteiger partial charge in [-0.2, -0.15) is 0 Å². The summed E-state index contributed by atoms with van der Waals surface area (Å²) in [6.45, 7) is 3.62. The maximum Gasteiger partial charge on any atom is 0.301 e. The van der Waals surface area contributed by atoms with Gasteiger partial charge < -0.3 is 9.84 Å². The molecule has 1 aliphatic heterocycles. The van der Waals surface area contributed by atoms with Gasteiger partial charge in [-0.1, -0.05) is 29.8 Å². The van der Waals surface area contributed by atoms with Gasteiger partial charge in [0.1, 0.15) is 23.4 Å². The van der Waals surface area contributed by atoms with Crippen LogP contribution in [-0.4, -0.2) is 28.9 Å². The van der Waals surface area contributed by atoms with Gasteiger partial charge >= 0.3 is 5.91 Å². The number of thiazole rings is 1. The maximum atomic E-state index is 14.9. The summed E-state index contributed by atoms with van der Waals surface area (Å²) in [5.74, 6) is -2.54. The third kappa shape index (κ3) is 3.55. The first-order valence-electron chi connectivity index (χ1n) is 9.58. The minimum atomic E-state index is -1.19. The van der Waals surface area contributed by atoms with E-state index in [1.54, 1.807) is 13.0 Å². The molecular formula is C23H18ClFN2O4S. The molecule has 3 aromatic rings. The van der Waals surface area contributed by atoms with Gasteiger partial charge in [0.15, 0.2) is 5.13 Å². The molecule has 2 aromatic carbocycles. The van der Waals surface area contributed by atoms with Crippen LogP contribution < -0.4 is 9.64 Å². The molecule has 1 N–H and O–H groups in total. The van der Waals surface area contributed by atoms with Gasteiger partial charge in [0.2, 0.25) is 0 Å². The molecule has 2 heterocycles. The number of anilines is 1. The number of aryl methyl sites for hydroxylation is 2. The number of aliphatic hydroxyl groups is 1. The summed E-state index contributed by atoms with van der Waals surface area (Å²) >= 11 is 7.40. The molecular weight excluding hydrogens is 455 g/mol. The minimum Gasteiger partial charge on any atom is -0.507 e. The molecule has 1 aliphatic rings. The molecule has 0 radical (unpaired) electrons. The first-order valence-corrected chi connectivity index (χ1v) is 10.8. The number of rotatable bonds is 4. The number of hydrogen-bond donors (Lipinski definition) is 1. The number of benzene rings is 2. The quantitative estimate of drug-likeness (QED) is 0.321. The highest BCUT2D eigenvalue weighted by molar-refractivity contribution is 7.16. The van der Waals surface area contributed by atoms with Gasteiger partial charge in [0.25, 0.3) is 5.78 Å². The number of nitrogens with zero attached hydrogens (tertiary/aromatic N) is 2. The number of ketones is 1. The van der Waals surface area contributed by atoms with E-state index in [1.807, 2.05) is 6.92 Å². The largest absolute Gasteiger partial charge is 0.507 e. The zero-order valence-electron chi connectivity index (χ0n) is 17.3. The fourth-order valence-electron chi connectivity index (χ4n) is 3.55. The fourth-order valence-corrected chi connectivity index (χ4v) is 4.74. The zero-order chi connectivity index (χ0) is 23.2. The van der Waals surface area contributed by atoms with Gasteiger partial charge in [-0.25, -0.2) is 9.37 Å².